The lowest BCUT2D eigenvalue weighted by atomic mass is 10.2. The van der Waals surface area contributed by atoms with E-state index in [0.717, 1.165) is 16.7 Å². The molecule has 3 rings (SSSR count). The van der Waals surface area contributed by atoms with Crippen LogP contribution >= 0.6 is 35.0 Å². The smallest absolute Gasteiger partial charge is 0.293 e. The highest BCUT2D eigenvalue weighted by molar-refractivity contribution is 8.18. The summed E-state index contributed by atoms with van der Waals surface area (Å²) in [4.78, 5) is 38.0. The third-order valence-electron chi connectivity index (χ3n) is 3.84. The zero-order valence-corrected chi connectivity index (χ0v) is 16.6. The maximum Gasteiger partial charge on any atom is 0.293 e. The van der Waals surface area contributed by atoms with Gasteiger partial charge in [-0.3, -0.25) is 19.3 Å². The Kier molecular flexibility index (Phi) is 6.39. The highest BCUT2D eigenvalue weighted by Gasteiger charge is 2.34. The molecule has 0 aromatic heterocycles. The normalized spacial score (nSPS) is 15.4. The molecule has 3 amide bonds. The Morgan fingerprint density at radius 3 is 2.54 bits per heavy atom. The van der Waals surface area contributed by atoms with E-state index in [2.05, 4.69) is 5.32 Å². The molecular weight excluding hydrogens is 426 g/mol. The van der Waals surface area contributed by atoms with Crippen molar-refractivity contribution in [1.29, 1.82) is 0 Å². The molecule has 1 heterocycles. The molecule has 1 N–H and O–H groups in total. The molecule has 1 aliphatic rings. The van der Waals surface area contributed by atoms with Crippen molar-refractivity contribution >= 4 is 58.1 Å². The first-order valence-corrected chi connectivity index (χ1v) is 9.66. The van der Waals surface area contributed by atoms with E-state index in [1.165, 1.54) is 42.5 Å². The zero-order valence-electron chi connectivity index (χ0n) is 14.2. The molecule has 5 nitrogen and oxygen atoms in total. The Labute approximate surface area is 174 Å². The highest BCUT2D eigenvalue weighted by atomic mass is 35.5. The summed E-state index contributed by atoms with van der Waals surface area (Å²) < 4.78 is 13.0. The summed E-state index contributed by atoms with van der Waals surface area (Å²) in [6.45, 7) is 0.0853. The van der Waals surface area contributed by atoms with Gasteiger partial charge in [-0.05, 0) is 53.7 Å². The second kappa shape index (κ2) is 8.77. The number of benzene rings is 2. The Morgan fingerprint density at radius 1 is 1.14 bits per heavy atom. The number of amides is 3. The topological polar surface area (TPSA) is 66.5 Å². The van der Waals surface area contributed by atoms with Crippen LogP contribution in [-0.4, -0.2) is 35.0 Å². The van der Waals surface area contributed by atoms with Crippen molar-refractivity contribution in [2.24, 2.45) is 0 Å². The van der Waals surface area contributed by atoms with Gasteiger partial charge >= 0.3 is 0 Å². The number of nitrogens with zero attached hydrogens (tertiary/aromatic N) is 1. The van der Waals surface area contributed by atoms with Gasteiger partial charge in [0.2, 0.25) is 0 Å². The number of carbonyl (C=O) groups excluding carboxylic acids is 3. The summed E-state index contributed by atoms with van der Waals surface area (Å²) in [6.07, 6.45) is 1.52. The fourth-order valence-electron chi connectivity index (χ4n) is 2.45. The van der Waals surface area contributed by atoms with E-state index in [1.54, 1.807) is 6.07 Å². The number of carbonyl (C=O) groups is 3. The van der Waals surface area contributed by atoms with Gasteiger partial charge in [0.05, 0.1) is 15.5 Å². The van der Waals surface area contributed by atoms with Crippen molar-refractivity contribution in [2.75, 3.05) is 13.1 Å². The van der Waals surface area contributed by atoms with E-state index in [4.69, 9.17) is 23.2 Å². The van der Waals surface area contributed by atoms with Crippen molar-refractivity contribution < 1.29 is 18.8 Å². The van der Waals surface area contributed by atoms with Crippen molar-refractivity contribution in [3.05, 3.63) is 74.4 Å². The Balaban J connectivity index is 1.60. The molecule has 9 heteroatoms. The van der Waals surface area contributed by atoms with E-state index in [-0.39, 0.29) is 34.4 Å². The number of thioether (sulfide) groups is 1. The van der Waals surface area contributed by atoms with Gasteiger partial charge in [0.1, 0.15) is 5.82 Å². The molecule has 0 aliphatic carbocycles. The number of hydrogen-bond donors (Lipinski definition) is 1. The lowest BCUT2D eigenvalue weighted by molar-refractivity contribution is -0.122. The molecule has 2 aromatic carbocycles. The van der Waals surface area contributed by atoms with Crippen molar-refractivity contribution in [2.45, 2.75) is 0 Å². The van der Waals surface area contributed by atoms with Crippen LogP contribution in [0.15, 0.2) is 47.4 Å². The molecule has 144 valence electrons. The Bertz CT molecular complexity index is 980. The minimum absolute atomic E-state index is 0.0162. The van der Waals surface area contributed by atoms with Crippen LogP contribution in [0.2, 0.25) is 10.0 Å². The molecule has 28 heavy (non-hydrogen) atoms. The first-order valence-electron chi connectivity index (χ1n) is 8.09. The predicted molar refractivity (Wildman–Crippen MR) is 108 cm³/mol. The summed E-state index contributed by atoms with van der Waals surface area (Å²) in [5.74, 6) is -1.28. The number of imide groups is 1. The molecule has 1 saturated heterocycles. The lowest BCUT2D eigenvalue weighted by Crippen LogP contribution is -2.37. The summed E-state index contributed by atoms with van der Waals surface area (Å²) in [5, 5.41) is 2.80. The maximum absolute atomic E-state index is 13.0. The van der Waals surface area contributed by atoms with Crippen molar-refractivity contribution in [3.63, 3.8) is 0 Å². The number of rotatable bonds is 5. The van der Waals surface area contributed by atoms with Crippen molar-refractivity contribution in [1.82, 2.24) is 10.2 Å². The van der Waals surface area contributed by atoms with Gasteiger partial charge in [-0.15, -0.1) is 0 Å². The number of nitrogens with one attached hydrogen (secondary N) is 1. The van der Waals surface area contributed by atoms with Crippen LogP contribution in [0.3, 0.4) is 0 Å². The van der Waals surface area contributed by atoms with Gasteiger partial charge in [0.25, 0.3) is 17.1 Å². The van der Waals surface area contributed by atoms with E-state index in [9.17, 15) is 18.8 Å². The first kappa shape index (κ1) is 20.4. The Hall–Kier alpha value is -2.35. The fourth-order valence-corrected chi connectivity index (χ4v) is 3.81. The van der Waals surface area contributed by atoms with Gasteiger partial charge in [0.15, 0.2) is 0 Å². The summed E-state index contributed by atoms with van der Waals surface area (Å²) in [5.41, 5.74) is 0.856. The molecule has 0 radical (unpaired) electrons. The minimum atomic E-state index is -0.460. The summed E-state index contributed by atoms with van der Waals surface area (Å²) >= 11 is 12.6. The van der Waals surface area contributed by atoms with Gasteiger partial charge in [-0.2, -0.15) is 0 Å². The standard InChI is InChI=1S/C19H13Cl2FN2O3S/c20-12-3-6-14(15(21)10-12)17(25)23-7-8-24-18(26)16(28-19(24)27)9-11-1-4-13(22)5-2-11/h1-6,9-10H,7-8H2,(H,23,25)/b16-9-. The van der Waals surface area contributed by atoms with Crippen LogP contribution in [0.1, 0.15) is 15.9 Å². The number of hydrogen-bond acceptors (Lipinski definition) is 4. The quantitative estimate of drug-likeness (QED) is 0.692. The van der Waals surface area contributed by atoms with E-state index in [0.29, 0.717) is 10.6 Å². The summed E-state index contributed by atoms with van der Waals surface area (Å²) in [6, 6.07) is 10.1. The van der Waals surface area contributed by atoms with Crippen LogP contribution in [0.5, 0.6) is 0 Å². The second-order valence-electron chi connectivity index (χ2n) is 5.76. The molecule has 0 atom stereocenters. The van der Waals surface area contributed by atoms with Gasteiger partial charge < -0.3 is 5.32 Å². The van der Waals surface area contributed by atoms with Crippen LogP contribution in [0.25, 0.3) is 6.08 Å². The molecule has 0 unspecified atom stereocenters. The van der Waals surface area contributed by atoms with E-state index < -0.39 is 17.1 Å². The average Bonchev–Trinajstić information content (AvgIpc) is 2.91. The highest BCUT2D eigenvalue weighted by Crippen LogP contribution is 2.32. The minimum Gasteiger partial charge on any atom is -0.350 e. The van der Waals surface area contributed by atoms with Gasteiger partial charge in [-0.1, -0.05) is 35.3 Å². The molecule has 2 aromatic rings. The molecule has 0 spiro atoms. The summed E-state index contributed by atoms with van der Waals surface area (Å²) in [7, 11) is 0. The average molecular weight is 439 g/mol. The second-order valence-corrected chi connectivity index (χ2v) is 7.60. The van der Waals surface area contributed by atoms with Crippen molar-refractivity contribution in [3.8, 4) is 0 Å². The van der Waals surface area contributed by atoms with Crippen LogP contribution in [0, 0.1) is 5.82 Å². The lowest BCUT2D eigenvalue weighted by Gasteiger charge is -2.13. The molecule has 1 fully saturated rings. The molecular formula is C19H13Cl2FN2O3S. The largest absolute Gasteiger partial charge is 0.350 e. The third-order valence-corrected chi connectivity index (χ3v) is 5.29. The monoisotopic (exact) mass is 438 g/mol. The van der Waals surface area contributed by atoms with Gasteiger partial charge in [-0.25, -0.2) is 4.39 Å². The number of halogens is 3. The Morgan fingerprint density at radius 2 is 1.86 bits per heavy atom. The molecule has 0 bridgehead atoms. The van der Waals surface area contributed by atoms with Crippen LogP contribution < -0.4 is 5.32 Å². The SMILES string of the molecule is O=C(NCCN1C(=O)S/C(=C\c2ccc(F)cc2)C1=O)c1ccc(Cl)cc1Cl. The van der Waals surface area contributed by atoms with Gasteiger partial charge in [0, 0.05) is 18.1 Å². The van der Waals surface area contributed by atoms with E-state index >= 15 is 0 Å². The predicted octanol–water partition coefficient (Wildman–Crippen LogP) is 4.60. The zero-order chi connectivity index (χ0) is 20.3. The molecule has 1 aliphatic heterocycles. The molecule has 0 saturated carbocycles. The first-order chi connectivity index (χ1) is 13.3. The van der Waals surface area contributed by atoms with Crippen LogP contribution in [-0.2, 0) is 4.79 Å². The fraction of sp³-hybridized carbons (Fsp3) is 0.105. The van der Waals surface area contributed by atoms with E-state index in [1.807, 2.05) is 0 Å². The van der Waals surface area contributed by atoms with Crippen LogP contribution in [0.4, 0.5) is 9.18 Å². The third kappa shape index (κ3) is 4.73. The maximum atomic E-state index is 13.0.